The SMILES string of the molecule is C[C@@H](c1ccccc1)N1CC2=C(C1=O)[C@H](c1cccc(F)c1)NC(=O)N2C. The summed E-state index contributed by atoms with van der Waals surface area (Å²) < 4.78 is 13.7. The lowest BCUT2D eigenvalue weighted by molar-refractivity contribution is -0.127. The Kier molecular flexibility index (Phi) is 4.18. The van der Waals surface area contributed by atoms with Gasteiger partial charge >= 0.3 is 6.03 Å². The molecular formula is C21H20FN3O2. The molecule has 0 saturated carbocycles. The molecule has 2 aromatic rings. The zero-order valence-corrected chi connectivity index (χ0v) is 15.1. The molecule has 138 valence electrons. The Morgan fingerprint density at radius 2 is 1.85 bits per heavy atom. The lowest BCUT2D eigenvalue weighted by atomic mass is 9.95. The number of nitrogens with one attached hydrogen (secondary N) is 1. The van der Waals surface area contributed by atoms with Crippen molar-refractivity contribution in [3.8, 4) is 0 Å². The minimum Gasteiger partial charge on any atom is -0.327 e. The normalized spacial score (nSPS) is 20.6. The van der Waals surface area contributed by atoms with Crippen LogP contribution in [0.25, 0.3) is 0 Å². The van der Waals surface area contributed by atoms with Crippen molar-refractivity contribution in [1.29, 1.82) is 0 Å². The minimum absolute atomic E-state index is 0.137. The fraction of sp³-hybridized carbons (Fsp3) is 0.238. The van der Waals surface area contributed by atoms with Crippen molar-refractivity contribution in [3.63, 3.8) is 0 Å². The summed E-state index contributed by atoms with van der Waals surface area (Å²) in [6, 6.07) is 14.7. The van der Waals surface area contributed by atoms with Crippen molar-refractivity contribution in [2.24, 2.45) is 0 Å². The van der Waals surface area contributed by atoms with Gasteiger partial charge in [0.2, 0.25) is 0 Å². The number of urea groups is 1. The standard InChI is InChI=1S/C21H20FN3O2/c1-13(14-7-4-3-5-8-14)25-12-17-18(20(25)26)19(23-21(27)24(17)2)15-9-6-10-16(22)11-15/h3-11,13,19H,12H2,1-2H3,(H,23,27)/t13-,19-/m0/s1. The van der Waals surface area contributed by atoms with E-state index in [9.17, 15) is 14.0 Å². The van der Waals surface area contributed by atoms with Crippen LogP contribution in [-0.4, -0.2) is 35.3 Å². The van der Waals surface area contributed by atoms with Crippen molar-refractivity contribution in [2.75, 3.05) is 13.6 Å². The number of rotatable bonds is 3. The van der Waals surface area contributed by atoms with E-state index in [-0.39, 0.29) is 18.0 Å². The molecule has 0 aliphatic carbocycles. The van der Waals surface area contributed by atoms with Gasteiger partial charge in [-0.2, -0.15) is 0 Å². The maximum Gasteiger partial charge on any atom is 0.322 e. The largest absolute Gasteiger partial charge is 0.327 e. The Morgan fingerprint density at radius 3 is 2.56 bits per heavy atom. The maximum atomic E-state index is 13.7. The molecule has 2 atom stereocenters. The lowest BCUT2D eigenvalue weighted by Gasteiger charge is -2.31. The summed E-state index contributed by atoms with van der Waals surface area (Å²) in [5.74, 6) is -0.537. The smallest absolute Gasteiger partial charge is 0.322 e. The molecule has 0 unspecified atom stereocenters. The third kappa shape index (κ3) is 2.87. The molecule has 2 aliphatic rings. The van der Waals surface area contributed by atoms with Crippen molar-refractivity contribution in [3.05, 3.63) is 82.8 Å². The van der Waals surface area contributed by atoms with E-state index in [0.29, 0.717) is 23.4 Å². The zero-order chi connectivity index (χ0) is 19.1. The molecule has 27 heavy (non-hydrogen) atoms. The molecule has 2 aromatic carbocycles. The number of hydrogen-bond donors (Lipinski definition) is 1. The first kappa shape index (κ1) is 17.3. The van der Waals surface area contributed by atoms with Gasteiger partial charge in [-0.05, 0) is 30.2 Å². The molecule has 2 heterocycles. The van der Waals surface area contributed by atoms with Gasteiger partial charge in [0.15, 0.2) is 0 Å². The molecule has 1 N–H and O–H groups in total. The average molecular weight is 365 g/mol. The van der Waals surface area contributed by atoms with E-state index < -0.39 is 11.9 Å². The van der Waals surface area contributed by atoms with Crippen molar-refractivity contribution in [1.82, 2.24) is 15.1 Å². The quantitative estimate of drug-likeness (QED) is 0.907. The number of carbonyl (C=O) groups excluding carboxylic acids is 2. The van der Waals surface area contributed by atoms with Gasteiger partial charge in [0, 0.05) is 7.05 Å². The molecule has 5 nitrogen and oxygen atoms in total. The van der Waals surface area contributed by atoms with E-state index in [1.54, 1.807) is 24.1 Å². The van der Waals surface area contributed by atoms with Gasteiger partial charge in [-0.3, -0.25) is 9.69 Å². The van der Waals surface area contributed by atoms with Crippen molar-refractivity contribution in [2.45, 2.75) is 19.0 Å². The second kappa shape index (κ2) is 6.54. The monoisotopic (exact) mass is 365 g/mol. The Labute approximate surface area is 157 Å². The van der Waals surface area contributed by atoms with Gasteiger partial charge in [-0.25, -0.2) is 9.18 Å². The Balaban J connectivity index is 1.72. The highest BCUT2D eigenvalue weighted by atomic mass is 19.1. The van der Waals surface area contributed by atoms with Crippen LogP contribution in [0.1, 0.15) is 30.1 Å². The van der Waals surface area contributed by atoms with Crippen LogP contribution in [0.5, 0.6) is 0 Å². The summed E-state index contributed by atoms with van der Waals surface area (Å²) in [7, 11) is 1.65. The number of hydrogen-bond acceptors (Lipinski definition) is 2. The van der Waals surface area contributed by atoms with Crippen LogP contribution in [0.3, 0.4) is 0 Å². The molecule has 3 amide bonds. The number of likely N-dealkylation sites (N-methyl/N-ethyl adjacent to an activating group) is 1. The lowest BCUT2D eigenvalue weighted by Crippen LogP contribution is -2.45. The molecule has 0 spiro atoms. The summed E-state index contributed by atoms with van der Waals surface area (Å²) in [5.41, 5.74) is 2.76. The highest BCUT2D eigenvalue weighted by Crippen LogP contribution is 2.38. The van der Waals surface area contributed by atoms with Crippen LogP contribution in [0, 0.1) is 5.82 Å². The Morgan fingerprint density at radius 1 is 1.11 bits per heavy atom. The summed E-state index contributed by atoms with van der Waals surface area (Å²) in [6.45, 7) is 2.32. The topological polar surface area (TPSA) is 52.7 Å². The molecule has 4 rings (SSSR count). The van der Waals surface area contributed by atoms with E-state index in [2.05, 4.69) is 5.32 Å². The zero-order valence-electron chi connectivity index (χ0n) is 15.1. The van der Waals surface area contributed by atoms with Gasteiger partial charge in [0.05, 0.1) is 29.9 Å². The minimum atomic E-state index is -0.653. The molecule has 0 radical (unpaired) electrons. The summed E-state index contributed by atoms with van der Waals surface area (Å²) in [5, 5.41) is 2.83. The molecule has 0 fully saturated rings. The Bertz CT molecular complexity index is 941. The van der Waals surface area contributed by atoms with E-state index in [4.69, 9.17) is 0 Å². The Hall–Kier alpha value is -3.15. The van der Waals surface area contributed by atoms with Crippen LogP contribution in [-0.2, 0) is 4.79 Å². The molecule has 6 heteroatoms. The first-order chi connectivity index (χ1) is 13.0. The van der Waals surface area contributed by atoms with Crippen LogP contribution in [0.4, 0.5) is 9.18 Å². The third-order valence-corrected chi connectivity index (χ3v) is 5.32. The first-order valence-electron chi connectivity index (χ1n) is 8.86. The number of amides is 3. The number of carbonyl (C=O) groups is 2. The van der Waals surface area contributed by atoms with Gasteiger partial charge in [0.1, 0.15) is 5.82 Å². The van der Waals surface area contributed by atoms with E-state index >= 15 is 0 Å². The first-order valence-corrected chi connectivity index (χ1v) is 8.86. The highest BCUT2D eigenvalue weighted by molar-refractivity contribution is 6.01. The predicted molar refractivity (Wildman–Crippen MR) is 99.0 cm³/mol. The molecule has 0 bridgehead atoms. The van der Waals surface area contributed by atoms with Gasteiger partial charge < -0.3 is 10.2 Å². The fourth-order valence-corrected chi connectivity index (χ4v) is 3.75. The van der Waals surface area contributed by atoms with Crippen LogP contribution >= 0.6 is 0 Å². The second-order valence-corrected chi connectivity index (χ2v) is 6.88. The van der Waals surface area contributed by atoms with Gasteiger partial charge in [-0.15, -0.1) is 0 Å². The van der Waals surface area contributed by atoms with Crippen molar-refractivity contribution >= 4 is 11.9 Å². The molecular weight excluding hydrogens is 345 g/mol. The maximum absolute atomic E-state index is 13.7. The van der Waals surface area contributed by atoms with Gasteiger partial charge in [-0.1, -0.05) is 42.5 Å². The average Bonchev–Trinajstić information content (AvgIpc) is 3.02. The molecule has 0 aromatic heterocycles. The van der Waals surface area contributed by atoms with Gasteiger partial charge in [0.25, 0.3) is 5.91 Å². The number of benzene rings is 2. The summed E-state index contributed by atoms with van der Waals surface area (Å²) in [6.07, 6.45) is 0. The number of halogens is 1. The molecule has 0 saturated heterocycles. The third-order valence-electron chi connectivity index (χ3n) is 5.32. The van der Waals surface area contributed by atoms with E-state index in [1.165, 1.54) is 17.0 Å². The van der Waals surface area contributed by atoms with E-state index in [0.717, 1.165) is 5.56 Å². The predicted octanol–water partition coefficient (Wildman–Crippen LogP) is 3.38. The van der Waals surface area contributed by atoms with Crippen LogP contribution in [0.15, 0.2) is 65.9 Å². The van der Waals surface area contributed by atoms with Crippen LogP contribution < -0.4 is 5.32 Å². The summed E-state index contributed by atoms with van der Waals surface area (Å²) >= 11 is 0. The number of nitrogens with zero attached hydrogens (tertiary/aromatic N) is 2. The van der Waals surface area contributed by atoms with Crippen molar-refractivity contribution < 1.29 is 14.0 Å². The molecule has 2 aliphatic heterocycles. The van der Waals surface area contributed by atoms with Crippen LogP contribution in [0.2, 0.25) is 0 Å². The van der Waals surface area contributed by atoms with E-state index in [1.807, 2.05) is 37.3 Å². The fourth-order valence-electron chi connectivity index (χ4n) is 3.75. The highest BCUT2D eigenvalue weighted by Gasteiger charge is 2.44. The summed E-state index contributed by atoms with van der Waals surface area (Å²) in [4.78, 5) is 28.9. The second-order valence-electron chi connectivity index (χ2n) is 6.88.